The van der Waals surface area contributed by atoms with E-state index in [9.17, 15) is 9.18 Å². The fraction of sp³-hybridized carbons (Fsp3) is 0.556. The fourth-order valence-corrected chi connectivity index (χ4v) is 4.60. The van der Waals surface area contributed by atoms with Crippen LogP contribution in [0.15, 0.2) is 29.9 Å². The number of aryl methyl sites for hydroxylation is 1. The Bertz CT molecular complexity index is 716. The number of likely N-dealkylation sites (tertiary alicyclic amines) is 1. The third kappa shape index (κ3) is 3.77. The van der Waals surface area contributed by atoms with E-state index >= 15 is 0 Å². The molecule has 5 nitrogen and oxygen atoms in total. The van der Waals surface area contributed by atoms with Crippen LogP contribution < -0.4 is 5.32 Å². The Morgan fingerprint density at radius 2 is 2.40 bits per heavy atom. The Balaban J connectivity index is 1.31. The quantitative estimate of drug-likeness (QED) is 0.887. The van der Waals surface area contributed by atoms with Crippen molar-refractivity contribution in [3.05, 3.63) is 40.6 Å². The van der Waals surface area contributed by atoms with Gasteiger partial charge in [-0.15, -0.1) is 11.3 Å². The molecule has 1 amide bonds. The number of nitrogens with zero attached hydrogens (tertiary/aromatic N) is 3. The summed E-state index contributed by atoms with van der Waals surface area (Å²) in [7, 11) is 0. The van der Waals surface area contributed by atoms with Gasteiger partial charge in [0, 0.05) is 61.8 Å². The SMILES string of the molecule is O=C(NC[C@@H]1C[C@H](F)CN1Cc1cccs1)C1CCn2ccnc2C1. The van der Waals surface area contributed by atoms with Crippen molar-refractivity contribution >= 4 is 17.2 Å². The van der Waals surface area contributed by atoms with Gasteiger partial charge >= 0.3 is 0 Å². The molecule has 0 aliphatic carbocycles. The van der Waals surface area contributed by atoms with Crippen molar-refractivity contribution in [2.24, 2.45) is 5.92 Å². The van der Waals surface area contributed by atoms with Gasteiger partial charge in [0.25, 0.3) is 0 Å². The first kappa shape index (κ1) is 16.7. The number of imidazole rings is 1. The van der Waals surface area contributed by atoms with E-state index in [1.54, 1.807) is 17.5 Å². The Hall–Kier alpha value is -1.73. The third-order valence-electron chi connectivity index (χ3n) is 5.25. The number of fused-ring (bicyclic) bond motifs is 1. The van der Waals surface area contributed by atoms with Crippen LogP contribution >= 0.6 is 11.3 Å². The van der Waals surface area contributed by atoms with Crippen LogP contribution in [0.5, 0.6) is 0 Å². The average Bonchev–Trinajstić information content (AvgIpc) is 3.33. The van der Waals surface area contributed by atoms with Gasteiger partial charge in [0.1, 0.15) is 12.0 Å². The van der Waals surface area contributed by atoms with Gasteiger partial charge in [-0.3, -0.25) is 9.69 Å². The van der Waals surface area contributed by atoms with Gasteiger partial charge in [-0.05, 0) is 24.3 Å². The molecule has 3 atom stereocenters. The summed E-state index contributed by atoms with van der Waals surface area (Å²) in [5, 5.41) is 5.11. The minimum Gasteiger partial charge on any atom is -0.354 e. The zero-order valence-corrected chi connectivity index (χ0v) is 14.9. The first-order valence-corrected chi connectivity index (χ1v) is 9.75. The lowest BCUT2D eigenvalue weighted by atomic mass is 9.97. The highest BCUT2D eigenvalue weighted by Gasteiger charge is 2.33. The molecule has 2 aliphatic rings. The van der Waals surface area contributed by atoms with Gasteiger partial charge in [0.05, 0.1) is 0 Å². The van der Waals surface area contributed by atoms with E-state index in [1.165, 1.54) is 4.88 Å². The maximum Gasteiger partial charge on any atom is 0.223 e. The number of carbonyl (C=O) groups excluding carboxylic acids is 1. The Morgan fingerprint density at radius 3 is 3.24 bits per heavy atom. The molecule has 0 aromatic carbocycles. The standard InChI is InChI=1S/C18H23FN4OS/c19-14-9-15(23(11-14)12-16-2-1-7-25-16)10-21-18(24)13-3-5-22-6-4-20-17(22)8-13/h1-2,4,6-7,13-15H,3,5,8-12H2,(H,21,24)/t13?,14-,15-/m0/s1. The van der Waals surface area contributed by atoms with Crippen LogP contribution in [0.1, 0.15) is 23.5 Å². The molecule has 0 bridgehead atoms. The van der Waals surface area contributed by atoms with E-state index < -0.39 is 6.17 Å². The molecule has 1 unspecified atom stereocenters. The lowest BCUT2D eigenvalue weighted by Crippen LogP contribution is -2.43. The van der Waals surface area contributed by atoms with Crippen LogP contribution in [0.4, 0.5) is 4.39 Å². The topological polar surface area (TPSA) is 50.2 Å². The first-order chi connectivity index (χ1) is 12.2. The van der Waals surface area contributed by atoms with Crippen molar-refractivity contribution in [3.63, 3.8) is 0 Å². The van der Waals surface area contributed by atoms with Gasteiger partial charge in [0.2, 0.25) is 5.91 Å². The van der Waals surface area contributed by atoms with Crippen molar-refractivity contribution in [3.8, 4) is 0 Å². The third-order valence-corrected chi connectivity index (χ3v) is 6.11. The van der Waals surface area contributed by atoms with E-state index in [1.807, 2.05) is 17.6 Å². The zero-order valence-electron chi connectivity index (χ0n) is 14.1. The van der Waals surface area contributed by atoms with Crippen LogP contribution in [0.3, 0.4) is 0 Å². The number of amides is 1. The van der Waals surface area contributed by atoms with Crippen molar-refractivity contribution in [1.29, 1.82) is 0 Å². The summed E-state index contributed by atoms with van der Waals surface area (Å²) in [6, 6.07) is 4.18. The van der Waals surface area contributed by atoms with Gasteiger partial charge in [-0.1, -0.05) is 6.07 Å². The summed E-state index contributed by atoms with van der Waals surface area (Å²) in [4.78, 5) is 20.2. The van der Waals surface area contributed by atoms with E-state index in [0.717, 1.165) is 25.3 Å². The highest BCUT2D eigenvalue weighted by molar-refractivity contribution is 7.09. The van der Waals surface area contributed by atoms with Crippen LogP contribution in [0, 0.1) is 5.92 Å². The highest BCUT2D eigenvalue weighted by Crippen LogP contribution is 2.24. The van der Waals surface area contributed by atoms with Crippen molar-refractivity contribution in [2.45, 2.75) is 44.6 Å². The predicted octanol–water partition coefficient (Wildman–Crippen LogP) is 2.24. The smallest absolute Gasteiger partial charge is 0.223 e. The molecular formula is C18H23FN4OS. The molecule has 7 heteroatoms. The Morgan fingerprint density at radius 1 is 1.48 bits per heavy atom. The second kappa shape index (κ2) is 7.25. The Labute approximate surface area is 150 Å². The molecular weight excluding hydrogens is 339 g/mol. The summed E-state index contributed by atoms with van der Waals surface area (Å²) >= 11 is 1.69. The van der Waals surface area contributed by atoms with Crippen LogP contribution in [0.25, 0.3) is 0 Å². The number of alkyl halides is 1. The van der Waals surface area contributed by atoms with E-state index in [-0.39, 0.29) is 17.9 Å². The minimum atomic E-state index is -0.802. The molecule has 134 valence electrons. The molecule has 4 rings (SSSR count). The molecule has 25 heavy (non-hydrogen) atoms. The molecule has 0 spiro atoms. The molecule has 0 radical (unpaired) electrons. The molecule has 4 heterocycles. The average molecular weight is 362 g/mol. The number of hydrogen-bond acceptors (Lipinski definition) is 4. The lowest BCUT2D eigenvalue weighted by molar-refractivity contribution is -0.125. The summed E-state index contributed by atoms with van der Waals surface area (Å²) in [5.74, 6) is 1.03. The number of rotatable bonds is 5. The Kier molecular flexibility index (Phi) is 4.85. The molecule has 2 aliphatic heterocycles. The summed E-state index contributed by atoms with van der Waals surface area (Å²) in [6.45, 7) is 2.59. The highest BCUT2D eigenvalue weighted by atomic mass is 32.1. The number of thiophene rings is 1. The molecule has 2 aromatic heterocycles. The van der Waals surface area contributed by atoms with E-state index in [0.29, 0.717) is 25.9 Å². The number of nitrogens with one attached hydrogen (secondary N) is 1. The molecule has 1 saturated heterocycles. The predicted molar refractivity (Wildman–Crippen MR) is 95.1 cm³/mol. The molecule has 2 aromatic rings. The first-order valence-electron chi connectivity index (χ1n) is 8.87. The zero-order chi connectivity index (χ0) is 17.2. The van der Waals surface area contributed by atoms with Crippen molar-refractivity contribution in [1.82, 2.24) is 19.8 Å². The second-order valence-corrected chi connectivity index (χ2v) is 8.00. The van der Waals surface area contributed by atoms with Gasteiger partial charge in [-0.2, -0.15) is 0 Å². The fourth-order valence-electron chi connectivity index (χ4n) is 3.87. The van der Waals surface area contributed by atoms with Crippen molar-refractivity contribution < 1.29 is 9.18 Å². The normalized spacial score (nSPS) is 26.5. The molecule has 1 fully saturated rings. The lowest BCUT2D eigenvalue weighted by Gasteiger charge is -2.26. The number of hydrogen-bond donors (Lipinski definition) is 1. The molecule has 1 N–H and O–H groups in total. The van der Waals surface area contributed by atoms with Gasteiger partial charge in [0.15, 0.2) is 0 Å². The van der Waals surface area contributed by atoms with Crippen LogP contribution in [0.2, 0.25) is 0 Å². The number of carbonyl (C=O) groups is 1. The number of aromatic nitrogens is 2. The number of halogens is 1. The summed E-state index contributed by atoms with van der Waals surface area (Å²) in [6.07, 6.45) is 4.98. The molecule has 0 saturated carbocycles. The van der Waals surface area contributed by atoms with Crippen LogP contribution in [-0.2, 0) is 24.3 Å². The van der Waals surface area contributed by atoms with Gasteiger partial charge < -0.3 is 9.88 Å². The van der Waals surface area contributed by atoms with Crippen molar-refractivity contribution in [2.75, 3.05) is 13.1 Å². The van der Waals surface area contributed by atoms with Gasteiger partial charge in [-0.25, -0.2) is 9.37 Å². The summed E-state index contributed by atoms with van der Waals surface area (Å²) < 4.78 is 16.0. The van der Waals surface area contributed by atoms with Crippen LogP contribution in [-0.4, -0.2) is 45.7 Å². The summed E-state index contributed by atoms with van der Waals surface area (Å²) in [5.41, 5.74) is 0. The maximum absolute atomic E-state index is 13.9. The minimum absolute atomic E-state index is 0.0248. The van der Waals surface area contributed by atoms with E-state index in [2.05, 4.69) is 25.8 Å². The van der Waals surface area contributed by atoms with E-state index in [4.69, 9.17) is 0 Å². The largest absolute Gasteiger partial charge is 0.354 e. The second-order valence-electron chi connectivity index (χ2n) is 6.97. The maximum atomic E-state index is 13.9. The monoisotopic (exact) mass is 362 g/mol.